The van der Waals surface area contributed by atoms with Gasteiger partial charge in [0.2, 0.25) is 0 Å². The standard InChI is InChI=1S/C16H18N6O2/c1-10-4-5-11(6-18-10)14(23)21-12-7-20-22-13(12)15(24)19-9-16(2,3)8-17/h4-7H,9H2,1-3H3,(H,19,24)(H,20,22)(H,21,23). The highest BCUT2D eigenvalue weighted by atomic mass is 16.2. The van der Waals surface area contributed by atoms with Gasteiger partial charge in [-0.05, 0) is 32.9 Å². The van der Waals surface area contributed by atoms with Crippen LogP contribution in [0.25, 0.3) is 0 Å². The summed E-state index contributed by atoms with van der Waals surface area (Å²) in [6.07, 6.45) is 2.81. The van der Waals surface area contributed by atoms with Crippen molar-refractivity contribution in [3.05, 3.63) is 41.5 Å². The number of nitrogens with one attached hydrogen (secondary N) is 3. The summed E-state index contributed by atoms with van der Waals surface area (Å²) in [6.45, 7) is 5.43. The van der Waals surface area contributed by atoms with Crippen molar-refractivity contribution in [1.29, 1.82) is 5.26 Å². The molecule has 0 bridgehead atoms. The van der Waals surface area contributed by atoms with E-state index in [-0.39, 0.29) is 17.9 Å². The molecule has 0 aliphatic heterocycles. The number of aryl methyl sites for hydroxylation is 1. The molecule has 3 N–H and O–H groups in total. The molecule has 0 radical (unpaired) electrons. The van der Waals surface area contributed by atoms with E-state index in [9.17, 15) is 9.59 Å². The Bertz CT molecular complexity index is 786. The minimum absolute atomic E-state index is 0.122. The van der Waals surface area contributed by atoms with Gasteiger partial charge in [0.05, 0.1) is 28.9 Å². The van der Waals surface area contributed by atoms with E-state index in [1.165, 1.54) is 12.4 Å². The SMILES string of the molecule is Cc1ccc(C(=O)Nc2cn[nH]c2C(=O)NCC(C)(C)C#N)cn1. The van der Waals surface area contributed by atoms with Crippen molar-refractivity contribution in [2.75, 3.05) is 11.9 Å². The Kier molecular flexibility index (Phi) is 4.94. The predicted molar refractivity (Wildman–Crippen MR) is 87.2 cm³/mol. The van der Waals surface area contributed by atoms with Crippen LogP contribution in [0.1, 0.15) is 40.4 Å². The summed E-state index contributed by atoms with van der Waals surface area (Å²) in [4.78, 5) is 28.4. The molecule has 0 saturated carbocycles. The lowest BCUT2D eigenvalue weighted by atomic mass is 9.96. The summed E-state index contributed by atoms with van der Waals surface area (Å²) in [5.74, 6) is -0.844. The number of rotatable bonds is 5. The summed E-state index contributed by atoms with van der Waals surface area (Å²) in [7, 11) is 0. The molecule has 0 atom stereocenters. The Morgan fingerprint density at radius 1 is 1.29 bits per heavy atom. The van der Waals surface area contributed by atoms with Gasteiger partial charge in [0.25, 0.3) is 11.8 Å². The second kappa shape index (κ2) is 6.91. The number of carbonyl (C=O) groups is 2. The fourth-order valence-electron chi connectivity index (χ4n) is 1.78. The number of amides is 2. The number of anilines is 1. The van der Waals surface area contributed by atoms with Gasteiger partial charge in [0.1, 0.15) is 5.69 Å². The van der Waals surface area contributed by atoms with Gasteiger partial charge in [0, 0.05) is 18.4 Å². The van der Waals surface area contributed by atoms with Gasteiger partial charge in [-0.1, -0.05) is 0 Å². The second-order valence-electron chi connectivity index (χ2n) is 5.98. The van der Waals surface area contributed by atoms with Crippen LogP contribution in [0.15, 0.2) is 24.5 Å². The van der Waals surface area contributed by atoms with Gasteiger partial charge in [-0.25, -0.2) is 0 Å². The lowest BCUT2D eigenvalue weighted by Gasteiger charge is -2.15. The van der Waals surface area contributed by atoms with Gasteiger partial charge in [0.15, 0.2) is 0 Å². The average Bonchev–Trinajstić information content (AvgIpc) is 3.01. The first-order valence-electron chi connectivity index (χ1n) is 7.29. The molecule has 0 spiro atoms. The van der Waals surface area contributed by atoms with Gasteiger partial charge in [-0.15, -0.1) is 0 Å². The lowest BCUT2D eigenvalue weighted by molar-refractivity contribution is 0.0939. The van der Waals surface area contributed by atoms with Crippen LogP contribution in [0.2, 0.25) is 0 Å². The Hall–Kier alpha value is -3.21. The van der Waals surface area contributed by atoms with Crippen LogP contribution in [-0.4, -0.2) is 33.5 Å². The van der Waals surface area contributed by atoms with Gasteiger partial charge in [-0.2, -0.15) is 10.4 Å². The molecular formula is C16H18N6O2. The molecular weight excluding hydrogens is 308 g/mol. The van der Waals surface area contributed by atoms with Gasteiger partial charge in [-0.3, -0.25) is 19.7 Å². The monoisotopic (exact) mass is 326 g/mol. The maximum absolute atomic E-state index is 12.2. The van der Waals surface area contributed by atoms with Crippen LogP contribution >= 0.6 is 0 Å². The maximum atomic E-state index is 12.2. The van der Waals surface area contributed by atoms with E-state index in [1.807, 2.05) is 6.92 Å². The summed E-state index contributed by atoms with van der Waals surface area (Å²) < 4.78 is 0. The number of hydrogen-bond donors (Lipinski definition) is 3. The van der Waals surface area contributed by atoms with Crippen LogP contribution in [0, 0.1) is 23.7 Å². The van der Waals surface area contributed by atoms with E-state index in [2.05, 4.69) is 31.9 Å². The van der Waals surface area contributed by atoms with Gasteiger partial charge >= 0.3 is 0 Å². The first-order valence-corrected chi connectivity index (χ1v) is 7.29. The molecule has 2 amide bonds. The lowest BCUT2D eigenvalue weighted by Crippen LogP contribution is -2.33. The zero-order chi connectivity index (χ0) is 17.7. The Balaban J connectivity index is 2.07. The molecule has 0 unspecified atom stereocenters. The fraction of sp³-hybridized carbons (Fsp3) is 0.312. The molecule has 24 heavy (non-hydrogen) atoms. The molecule has 2 aromatic heterocycles. The first kappa shape index (κ1) is 17.1. The number of aromatic nitrogens is 3. The molecule has 0 saturated heterocycles. The van der Waals surface area contributed by atoms with Crippen molar-refractivity contribution in [3.63, 3.8) is 0 Å². The molecule has 2 aromatic rings. The summed E-state index contributed by atoms with van der Waals surface area (Å²) in [5, 5.41) is 20.6. The van der Waals surface area contributed by atoms with E-state index in [1.54, 1.807) is 26.0 Å². The van der Waals surface area contributed by atoms with E-state index in [0.29, 0.717) is 5.56 Å². The molecule has 124 valence electrons. The van der Waals surface area contributed by atoms with Crippen LogP contribution in [-0.2, 0) is 0 Å². The zero-order valence-corrected chi connectivity index (χ0v) is 13.7. The molecule has 0 aliphatic carbocycles. The average molecular weight is 326 g/mol. The summed E-state index contributed by atoms with van der Waals surface area (Å²) >= 11 is 0. The van der Waals surface area contributed by atoms with E-state index >= 15 is 0 Å². The Labute approximate surface area is 139 Å². The topological polar surface area (TPSA) is 124 Å². The molecule has 2 heterocycles. The van der Waals surface area contributed by atoms with E-state index < -0.39 is 17.2 Å². The third-order valence-corrected chi connectivity index (χ3v) is 3.28. The van der Waals surface area contributed by atoms with Crippen LogP contribution in [0.4, 0.5) is 5.69 Å². The zero-order valence-electron chi connectivity index (χ0n) is 13.7. The minimum Gasteiger partial charge on any atom is -0.349 e. The number of hydrogen-bond acceptors (Lipinski definition) is 5. The highest BCUT2D eigenvalue weighted by Gasteiger charge is 2.21. The molecule has 8 heteroatoms. The fourth-order valence-corrected chi connectivity index (χ4v) is 1.78. The van der Waals surface area contributed by atoms with Crippen molar-refractivity contribution in [1.82, 2.24) is 20.5 Å². The second-order valence-corrected chi connectivity index (χ2v) is 5.98. The summed E-state index contributed by atoms with van der Waals surface area (Å²) in [6, 6.07) is 5.47. The van der Waals surface area contributed by atoms with Crippen LogP contribution in [0.3, 0.4) is 0 Å². The largest absolute Gasteiger partial charge is 0.349 e. The normalized spacial score (nSPS) is 10.8. The van der Waals surface area contributed by atoms with E-state index in [4.69, 9.17) is 5.26 Å². The number of H-pyrrole nitrogens is 1. The number of carbonyl (C=O) groups excluding carboxylic acids is 2. The molecule has 0 aliphatic rings. The molecule has 8 nitrogen and oxygen atoms in total. The predicted octanol–water partition coefficient (Wildman–Crippen LogP) is 1.65. The number of pyridine rings is 1. The van der Waals surface area contributed by atoms with Crippen molar-refractivity contribution in [2.24, 2.45) is 5.41 Å². The number of nitrogens with zero attached hydrogens (tertiary/aromatic N) is 3. The van der Waals surface area contributed by atoms with Crippen molar-refractivity contribution >= 4 is 17.5 Å². The number of aromatic amines is 1. The van der Waals surface area contributed by atoms with Crippen LogP contribution in [0.5, 0.6) is 0 Å². The summed E-state index contributed by atoms with van der Waals surface area (Å²) in [5.41, 5.74) is 0.867. The quantitative estimate of drug-likeness (QED) is 0.770. The minimum atomic E-state index is -0.688. The highest BCUT2D eigenvalue weighted by Crippen LogP contribution is 2.15. The van der Waals surface area contributed by atoms with Crippen LogP contribution < -0.4 is 10.6 Å². The van der Waals surface area contributed by atoms with Gasteiger partial charge < -0.3 is 10.6 Å². The van der Waals surface area contributed by atoms with E-state index in [0.717, 1.165) is 5.69 Å². The smallest absolute Gasteiger partial charge is 0.271 e. The third kappa shape index (κ3) is 4.16. The highest BCUT2D eigenvalue weighted by molar-refractivity contribution is 6.08. The Morgan fingerprint density at radius 2 is 2.04 bits per heavy atom. The van der Waals surface area contributed by atoms with Crippen molar-refractivity contribution in [3.8, 4) is 6.07 Å². The van der Waals surface area contributed by atoms with Crippen molar-refractivity contribution < 1.29 is 9.59 Å². The molecule has 2 rings (SSSR count). The third-order valence-electron chi connectivity index (χ3n) is 3.28. The number of nitriles is 1. The van der Waals surface area contributed by atoms with Crippen molar-refractivity contribution in [2.45, 2.75) is 20.8 Å². The molecule has 0 fully saturated rings. The maximum Gasteiger partial charge on any atom is 0.271 e. The first-order chi connectivity index (χ1) is 11.3. The Morgan fingerprint density at radius 3 is 2.67 bits per heavy atom. The molecule has 0 aromatic carbocycles.